The second-order valence-corrected chi connectivity index (χ2v) is 5.53. The molecule has 1 aliphatic heterocycles. The van der Waals surface area contributed by atoms with E-state index in [9.17, 15) is 8.42 Å². The predicted molar refractivity (Wildman–Crippen MR) is 67.6 cm³/mol. The van der Waals surface area contributed by atoms with Gasteiger partial charge in [0.1, 0.15) is 0 Å². The van der Waals surface area contributed by atoms with Crippen molar-refractivity contribution in [3.05, 3.63) is 42.6 Å². The van der Waals surface area contributed by atoms with Crippen molar-refractivity contribution in [2.45, 2.75) is 4.90 Å². The number of pyridine rings is 1. The number of rotatable bonds is 3. The fourth-order valence-electron chi connectivity index (χ4n) is 1.66. The molecule has 2 aromatic rings. The molecular formula is C12H10N2O4S. The average Bonchev–Trinajstić information content (AvgIpc) is 2.87. The van der Waals surface area contributed by atoms with Gasteiger partial charge in [-0.25, -0.2) is 13.4 Å². The van der Waals surface area contributed by atoms with E-state index in [1.165, 1.54) is 24.4 Å². The molecule has 1 N–H and O–H groups in total. The maximum absolute atomic E-state index is 12.1. The lowest BCUT2D eigenvalue weighted by atomic mass is 10.4. The maximum atomic E-state index is 12.1. The summed E-state index contributed by atoms with van der Waals surface area (Å²) in [7, 11) is -3.62. The number of sulfonamides is 1. The van der Waals surface area contributed by atoms with Gasteiger partial charge in [0.15, 0.2) is 5.75 Å². The Morgan fingerprint density at radius 2 is 1.95 bits per heavy atom. The van der Waals surface area contributed by atoms with Gasteiger partial charge in [-0.05, 0) is 12.1 Å². The van der Waals surface area contributed by atoms with Gasteiger partial charge in [0, 0.05) is 6.07 Å². The highest BCUT2D eigenvalue weighted by Crippen LogP contribution is 2.32. The Labute approximate surface area is 110 Å². The zero-order valence-electron chi connectivity index (χ0n) is 9.74. The van der Waals surface area contributed by atoms with Gasteiger partial charge in [0.05, 0.1) is 16.8 Å². The highest BCUT2D eigenvalue weighted by molar-refractivity contribution is 7.92. The van der Waals surface area contributed by atoms with Crippen LogP contribution in [-0.4, -0.2) is 20.2 Å². The molecule has 0 amide bonds. The minimum Gasteiger partial charge on any atom is -0.452 e. The topological polar surface area (TPSA) is 77.5 Å². The standard InChI is InChI=1S/C12H10N2O4S/c15-19(16,10-4-2-1-3-5-10)14-9-6-11-12(13-7-9)18-8-17-11/h1-7,14H,8H2. The van der Waals surface area contributed by atoms with Crippen LogP contribution in [0.3, 0.4) is 0 Å². The highest BCUT2D eigenvalue weighted by Gasteiger charge is 2.18. The Morgan fingerprint density at radius 1 is 1.16 bits per heavy atom. The third kappa shape index (κ3) is 2.32. The van der Waals surface area contributed by atoms with Gasteiger partial charge in [-0.15, -0.1) is 0 Å². The van der Waals surface area contributed by atoms with E-state index in [0.29, 0.717) is 17.3 Å². The second kappa shape index (κ2) is 4.43. The lowest BCUT2D eigenvalue weighted by molar-refractivity contribution is 0.171. The number of nitrogens with one attached hydrogen (secondary N) is 1. The van der Waals surface area contributed by atoms with Gasteiger partial charge in [0.2, 0.25) is 6.79 Å². The number of aromatic nitrogens is 1. The Kier molecular flexibility index (Phi) is 2.75. The van der Waals surface area contributed by atoms with Crippen LogP contribution in [0.2, 0.25) is 0 Å². The molecule has 0 bridgehead atoms. The van der Waals surface area contributed by atoms with Crippen LogP contribution in [0.4, 0.5) is 5.69 Å². The minimum absolute atomic E-state index is 0.0945. The van der Waals surface area contributed by atoms with Crippen LogP contribution in [0.1, 0.15) is 0 Å². The fourth-order valence-corrected chi connectivity index (χ4v) is 2.72. The van der Waals surface area contributed by atoms with Crippen molar-refractivity contribution in [3.63, 3.8) is 0 Å². The summed E-state index contributed by atoms with van der Waals surface area (Å²) in [5.41, 5.74) is 0.327. The lowest BCUT2D eigenvalue weighted by Gasteiger charge is -2.07. The molecule has 0 saturated carbocycles. The fraction of sp³-hybridized carbons (Fsp3) is 0.0833. The van der Waals surface area contributed by atoms with Gasteiger partial charge < -0.3 is 9.47 Å². The largest absolute Gasteiger partial charge is 0.452 e. The normalized spacial score (nSPS) is 13.3. The number of anilines is 1. The quantitative estimate of drug-likeness (QED) is 0.923. The SMILES string of the molecule is O=S(=O)(Nc1cnc2c(c1)OCO2)c1ccccc1. The first-order chi connectivity index (χ1) is 9.15. The van der Waals surface area contributed by atoms with Crippen LogP contribution < -0.4 is 14.2 Å². The molecule has 2 heterocycles. The number of nitrogens with zero attached hydrogens (tertiary/aromatic N) is 1. The van der Waals surface area contributed by atoms with Gasteiger partial charge in [-0.3, -0.25) is 4.72 Å². The van der Waals surface area contributed by atoms with E-state index in [0.717, 1.165) is 0 Å². The Hall–Kier alpha value is -2.28. The molecule has 0 atom stereocenters. The molecule has 7 heteroatoms. The van der Waals surface area contributed by atoms with Crippen molar-refractivity contribution in [3.8, 4) is 11.6 Å². The van der Waals surface area contributed by atoms with Crippen molar-refractivity contribution in [2.75, 3.05) is 11.5 Å². The third-order valence-corrected chi connectivity index (χ3v) is 3.93. The Bertz CT molecular complexity index is 701. The monoisotopic (exact) mass is 278 g/mol. The molecule has 3 rings (SSSR count). The molecule has 0 radical (unpaired) electrons. The first kappa shape index (κ1) is 11.8. The predicted octanol–water partition coefficient (Wildman–Crippen LogP) is 1.61. The molecule has 0 aliphatic carbocycles. The molecule has 6 nitrogen and oxygen atoms in total. The summed E-state index contributed by atoms with van der Waals surface area (Å²) in [5.74, 6) is 0.788. The van der Waals surface area contributed by atoms with E-state index in [1.807, 2.05) is 0 Å². The first-order valence-corrected chi connectivity index (χ1v) is 6.97. The van der Waals surface area contributed by atoms with Gasteiger partial charge in [0.25, 0.3) is 15.9 Å². The van der Waals surface area contributed by atoms with Crippen molar-refractivity contribution in [2.24, 2.45) is 0 Å². The van der Waals surface area contributed by atoms with E-state index < -0.39 is 10.0 Å². The number of hydrogen-bond acceptors (Lipinski definition) is 5. The maximum Gasteiger partial charge on any atom is 0.261 e. The number of benzene rings is 1. The molecule has 0 saturated heterocycles. The van der Waals surface area contributed by atoms with Crippen LogP contribution in [0.15, 0.2) is 47.5 Å². The summed E-state index contributed by atoms with van der Waals surface area (Å²) in [5, 5.41) is 0. The smallest absolute Gasteiger partial charge is 0.261 e. The molecule has 0 unspecified atom stereocenters. The highest BCUT2D eigenvalue weighted by atomic mass is 32.2. The van der Waals surface area contributed by atoms with Gasteiger partial charge in [-0.2, -0.15) is 0 Å². The molecule has 19 heavy (non-hydrogen) atoms. The van der Waals surface area contributed by atoms with Crippen LogP contribution in [0.5, 0.6) is 11.6 Å². The van der Waals surface area contributed by atoms with Crippen molar-refractivity contribution in [1.29, 1.82) is 0 Å². The minimum atomic E-state index is -3.62. The van der Waals surface area contributed by atoms with Gasteiger partial charge >= 0.3 is 0 Å². The molecule has 98 valence electrons. The van der Waals surface area contributed by atoms with E-state index in [1.54, 1.807) is 18.2 Å². The summed E-state index contributed by atoms with van der Waals surface area (Å²) in [4.78, 5) is 4.15. The molecule has 0 spiro atoms. The Morgan fingerprint density at radius 3 is 2.74 bits per heavy atom. The zero-order chi connectivity index (χ0) is 13.3. The first-order valence-electron chi connectivity index (χ1n) is 5.49. The Balaban J connectivity index is 1.89. The molecule has 1 aromatic carbocycles. The van der Waals surface area contributed by atoms with Gasteiger partial charge in [-0.1, -0.05) is 18.2 Å². The van der Waals surface area contributed by atoms with Crippen molar-refractivity contribution >= 4 is 15.7 Å². The summed E-state index contributed by atoms with van der Waals surface area (Å²) in [6.07, 6.45) is 1.38. The third-order valence-electron chi connectivity index (χ3n) is 2.53. The van der Waals surface area contributed by atoms with E-state index in [2.05, 4.69) is 9.71 Å². The van der Waals surface area contributed by atoms with Crippen LogP contribution in [0.25, 0.3) is 0 Å². The number of fused-ring (bicyclic) bond motifs is 1. The van der Waals surface area contributed by atoms with Crippen LogP contribution >= 0.6 is 0 Å². The van der Waals surface area contributed by atoms with Crippen LogP contribution in [0, 0.1) is 0 Å². The van der Waals surface area contributed by atoms with Crippen molar-refractivity contribution < 1.29 is 17.9 Å². The summed E-state index contributed by atoms with van der Waals surface area (Å²) in [6, 6.07) is 9.64. The lowest BCUT2D eigenvalue weighted by Crippen LogP contribution is -2.12. The zero-order valence-corrected chi connectivity index (χ0v) is 10.6. The summed E-state index contributed by atoms with van der Waals surface area (Å²) >= 11 is 0. The molecular weight excluding hydrogens is 268 g/mol. The van der Waals surface area contributed by atoms with E-state index >= 15 is 0 Å². The van der Waals surface area contributed by atoms with E-state index in [-0.39, 0.29) is 11.7 Å². The molecule has 1 aromatic heterocycles. The second-order valence-electron chi connectivity index (χ2n) is 3.85. The van der Waals surface area contributed by atoms with Crippen LogP contribution in [-0.2, 0) is 10.0 Å². The number of hydrogen-bond donors (Lipinski definition) is 1. The van der Waals surface area contributed by atoms with E-state index in [4.69, 9.17) is 9.47 Å². The van der Waals surface area contributed by atoms with Crippen molar-refractivity contribution in [1.82, 2.24) is 4.98 Å². The molecule has 0 fully saturated rings. The average molecular weight is 278 g/mol. The molecule has 1 aliphatic rings. The summed E-state index contributed by atoms with van der Waals surface area (Å²) in [6.45, 7) is 0.0945. The number of ether oxygens (including phenoxy) is 2. The summed E-state index contributed by atoms with van der Waals surface area (Å²) < 4.78 is 36.8.